The van der Waals surface area contributed by atoms with Crippen LogP contribution in [-0.2, 0) is 4.79 Å². The fourth-order valence-electron chi connectivity index (χ4n) is 0.370. The third kappa shape index (κ3) is 2.84. The van der Waals surface area contributed by atoms with Crippen LogP contribution >= 0.6 is 0 Å². The zero-order chi connectivity index (χ0) is 7.28. The summed E-state index contributed by atoms with van der Waals surface area (Å²) in [4.78, 5) is 10.4. The van der Waals surface area contributed by atoms with Crippen molar-refractivity contribution in [3.63, 3.8) is 0 Å². The summed E-state index contributed by atoms with van der Waals surface area (Å²) in [7, 11) is 0. The van der Waals surface area contributed by atoms with Crippen LogP contribution < -0.4 is 11.2 Å². The molecular formula is C5H10N2O2. The summed E-state index contributed by atoms with van der Waals surface area (Å²) >= 11 is 0. The largest absolute Gasteiger partial charge is 0.320 e. The van der Waals surface area contributed by atoms with E-state index >= 15 is 0 Å². The molecule has 0 aromatic heterocycles. The maximum Gasteiger partial charge on any atom is 0.260 e. The van der Waals surface area contributed by atoms with Gasteiger partial charge in [0.05, 0.1) is 6.04 Å². The van der Waals surface area contributed by atoms with E-state index in [4.69, 9.17) is 10.9 Å². The highest BCUT2D eigenvalue weighted by atomic mass is 16.5. The molecule has 0 bridgehead atoms. The average molecular weight is 130 g/mol. The molecule has 4 N–H and O–H groups in total. The lowest BCUT2D eigenvalue weighted by molar-refractivity contribution is -0.130. The molecule has 0 rings (SSSR count). The molecule has 52 valence electrons. The molecule has 0 aliphatic rings. The third-order valence-corrected chi connectivity index (χ3v) is 0.868. The van der Waals surface area contributed by atoms with E-state index in [1.807, 2.05) is 0 Å². The van der Waals surface area contributed by atoms with Gasteiger partial charge in [-0.2, -0.15) is 0 Å². The Morgan fingerprint density at radius 3 is 2.89 bits per heavy atom. The van der Waals surface area contributed by atoms with Crippen molar-refractivity contribution in [1.82, 2.24) is 5.48 Å². The van der Waals surface area contributed by atoms with E-state index in [9.17, 15) is 4.79 Å². The summed E-state index contributed by atoms with van der Waals surface area (Å²) in [5.74, 6) is -0.588. The molecule has 0 saturated heterocycles. The normalized spacial score (nSPS) is 12.2. The Morgan fingerprint density at radius 2 is 2.56 bits per heavy atom. The quantitative estimate of drug-likeness (QED) is 0.271. The first-order valence-electron chi connectivity index (χ1n) is 2.52. The number of carbonyl (C=O) groups is 1. The van der Waals surface area contributed by atoms with E-state index in [1.165, 1.54) is 11.6 Å². The van der Waals surface area contributed by atoms with Crippen molar-refractivity contribution in [3.05, 3.63) is 12.7 Å². The van der Waals surface area contributed by atoms with Crippen molar-refractivity contribution < 1.29 is 10.0 Å². The second-order valence-electron chi connectivity index (χ2n) is 1.61. The van der Waals surface area contributed by atoms with Gasteiger partial charge in [-0.15, -0.1) is 6.58 Å². The minimum absolute atomic E-state index is 0.367. The van der Waals surface area contributed by atoms with Crippen LogP contribution in [-0.4, -0.2) is 17.2 Å². The third-order valence-electron chi connectivity index (χ3n) is 0.868. The summed E-state index contributed by atoms with van der Waals surface area (Å²) in [6.07, 6.45) is 1.88. The number of hydrogen-bond donors (Lipinski definition) is 3. The molecule has 0 aromatic rings. The number of hydroxylamine groups is 1. The second kappa shape index (κ2) is 4.05. The van der Waals surface area contributed by atoms with Gasteiger partial charge >= 0.3 is 0 Å². The Labute approximate surface area is 53.3 Å². The number of hydrogen-bond acceptors (Lipinski definition) is 3. The van der Waals surface area contributed by atoms with Crippen molar-refractivity contribution in [3.8, 4) is 0 Å². The highest BCUT2D eigenvalue weighted by Gasteiger charge is 2.08. The first kappa shape index (κ1) is 8.13. The van der Waals surface area contributed by atoms with Crippen molar-refractivity contribution in [1.29, 1.82) is 0 Å². The molecule has 4 heteroatoms. The van der Waals surface area contributed by atoms with E-state index in [2.05, 4.69) is 6.58 Å². The Morgan fingerprint density at radius 1 is 2.00 bits per heavy atom. The van der Waals surface area contributed by atoms with E-state index in [0.29, 0.717) is 6.42 Å². The predicted octanol–water partition coefficient (Wildman–Crippen LogP) is -0.605. The van der Waals surface area contributed by atoms with Gasteiger partial charge in [-0.05, 0) is 6.42 Å². The molecule has 0 aromatic carbocycles. The van der Waals surface area contributed by atoms with Crippen LogP contribution in [0.4, 0.5) is 0 Å². The number of nitrogens with one attached hydrogen (secondary N) is 1. The van der Waals surface area contributed by atoms with E-state index in [-0.39, 0.29) is 0 Å². The van der Waals surface area contributed by atoms with Crippen molar-refractivity contribution in [2.45, 2.75) is 12.5 Å². The van der Waals surface area contributed by atoms with Gasteiger partial charge in [0.2, 0.25) is 0 Å². The van der Waals surface area contributed by atoms with Crippen LogP contribution in [0.15, 0.2) is 12.7 Å². The SMILES string of the molecule is C=CCC(N)C(=O)NO. The summed E-state index contributed by atoms with van der Waals surface area (Å²) in [6, 6.07) is -0.688. The molecule has 9 heavy (non-hydrogen) atoms. The standard InChI is InChI=1S/C5H10N2O2/c1-2-3-4(6)5(8)7-9/h2,4,9H,1,3,6H2,(H,7,8). The first-order chi connectivity index (χ1) is 4.22. The minimum atomic E-state index is -0.688. The number of nitrogens with two attached hydrogens (primary N) is 1. The number of rotatable bonds is 3. The maximum absolute atomic E-state index is 10.4. The molecule has 0 spiro atoms. The lowest BCUT2D eigenvalue weighted by Gasteiger charge is -2.03. The van der Waals surface area contributed by atoms with Crippen LogP contribution in [0.2, 0.25) is 0 Å². The van der Waals surface area contributed by atoms with Crippen LogP contribution in [0.5, 0.6) is 0 Å². The fraction of sp³-hybridized carbons (Fsp3) is 0.400. The molecule has 0 fully saturated rings. The summed E-state index contributed by atoms with van der Waals surface area (Å²) in [6.45, 7) is 3.38. The number of carbonyl (C=O) groups excluding carboxylic acids is 1. The Kier molecular flexibility index (Phi) is 3.66. The minimum Gasteiger partial charge on any atom is -0.320 e. The lowest BCUT2D eigenvalue weighted by Crippen LogP contribution is -2.38. The van der Waals surface area contributed by atoms with Gasteiger partial charge in [-0.3, -0.25) is 10.0 Å². The molecule has 0 heterocycles. The first-order valence-corrected chi connectivity index (χ1v) is 2.52. The monoisotopic (exact) mass is 130 g/mol. The Balaban J connectivity index is 3.58. The molecule has 0 saturated carbocycles. The van der Waals surface area contributed by atoms with E-state index in [1.54, 1.807) is 0 Å². The van der Waals surface area contributed by atoms with E-state index in [0.717, 1.165) is 0 Å². The Bertz CT molecular complexity index is 114. The zero-order valence-electron chi connectivity index (χ0n) is 5.00. The maximum atomic E-state index is 10.4. The van der Waals surface area contributed by atoms with Crippen molar-refractivity contribution >= 4 is 5.91 Å². The van der Waals surface area contributed by atoms with Crippen molar-refractivity contribution in [2.75, 3.05) is 0 Å². The van der Waals surface area contributed by atoms with Gasteiger partial charge in [0.1, 0.15) is 0 Å². The van der Waals surface area contributed by atoms with E-state index < -0.39 is 11.9 Å². The molecule has 1 unspecified atom stereocenters. The topological polar surface area (TPSA) is 75.4 Å². The summed E-state index contributed by atoms with van der Waals surface area (Å²) < 4.78 is 0. The van der Waals surface area contributed by atoms with Crippen LogP contribution in [0.1, 0.15) is 6.42 Å². The second-order valence-corrected chi connectivity index (χ2v) is 1.61. The molecule has 0 aliphatic carbocycles. The summed E-state index contributed by atoms with van der Waals surface area (Å²) in [5.41, 5.74) is 6.63. The van der Waals surface area contributed by atoms with Crippen LogP contribution in [0.3, 0.4) is 0 Å². The predicted molar refractivity (Wildman–Crippen MR) is 32.7 cm³/mol. The van der Waals surface area contributed by atoms with Gasteiger partial charge in [0.25, 0.3) is 5.91 Å². The average Bonchev–Trinajstić information content (AvgIpc) is 1.87. The zero-order valence-corrected chi connectivity index (χ0v) is 5.00. The highest BCUT2D eigenvalue weighted by molar-refractivity contribution is 5.80. The van der Waals surface area contributed by atoms with Gasteiger partial charge in [-0.1, -0.05) is 6.08 Å². The van der Waals surface area contributed by atoms with Gasteiger partial charge in [0, 0.05) is 0 Å². The fourth-order valence-corrected chi connectivity index (χ4v) is 0.370. The van der Waals surface area contributed by atoms with Crippen LogP contribution in [0.25, 0.3) is 0 Å². The molecule has 1 atom stereocenters. The Hall–Kier alpha value is -0.870. The molecular weight excluding hydrogens is 120 g/mol. The molecule has 0 radical (unpaired) electrons. The number of amides is 1. The molecule has 1 amide bonds. The van der Waals surface area contributed by atoms with Gasteiger partial charge in [-0.25, -0.2) is 5.48 Å². The van der Waals surface area contributed by atoms with Crippen molar-refractivity contribution in [2.24, 2.45) is 5.73 Å². The van der Waals surface area contributed by atoms with Gasteiger partial charge in [0.15, 0.2) is 0 Å². The van der Waals surface area contributed by atoms with Gasteiger partial charge < -0.3 is 5.73 Å². The van der Waals surface area contributed by atoms with Crippen LogP contribution in [0, 0.1) is 0 Å². The summed E-state index contributed by atoms with van der Waals surface area (Å²) in [5, 5.41) is 8.02. The molecule has 0 aliphatic heterocycles. The molecule has 4 nitrogen and oxygen atoms in total. The lowest BCUT2D eigenvalue weighted by atomic mass is 10.2. The smallest absolute Gasteiger partial charge is 0.260 e. The highest BCUT2D eigenvalue weighted by Crippen LogP contribution is 1.86.